The second kappa shape index (κ2) is 4.72. The fourth-order valence-electron chi connectivity index (χ4n) is 2.47. The summed E-state index contributed by atoms with van der Waals surface area (Å²) in [6, 6.07) is 1.94. The lowest BCUT2D eigenvalue weighted by molar-refractivity contribution is -0.125. The number of nitrogens with one attached hydrogen (secondary N) is 1. The van der Waals surface area contributed by atoms with Crippen molar-refractivity contribution < 1.29 is 9.53 Å². The molecule has 1 N–H and O–H groups in total. The molecule has 5 heteroatoms. The van der Waals surface area contributed by atoms with Gasteiger partial charge in [-0.1, -0.05) is 0 Å². The molecule has 2 heterocycles. The number of aromatic nitrogens is 2. The fourth-order valence-corrected chi connectivity index (χ4v) is 2.47. The van der Waals surface area contributed by atoms with Crippen molar-refractivity contribution >= 4 is 5.91 Å². The minimum absolute atomic E-state index is 0.0607. The number of amides is 1. The molecule has 1 saturated heterocycles. The molecule has 1 saturated carbocycles. The van der Waals surface area contributed by atoms with Crippen LogP contribution in [0.15, 0.2) is 18.5 Å². The summed E-state index contributed by atoms with van der Waals surface area (Å²) in [4.78, 5) is 11.9. The monoisotopic (exact) mass is 249 g/mol. The van der Waals surface area contributed by atoms with Gasteiger partial charge in [-0.05, 0) is 25.3 Å². The van der Waals surface area contributed by atoms with Gasteiger partial charge in [0.15, 0.2) is 0 Å². The normalized spacial score (nSPS) is 25.0. The number of hydrogen-bond donors (Lipinski definition) is 1. The van der Waals surface area contributed by atoms with Gasteiger partial charge >= 0.3 is 0 Å². The summed E-state index contributed by atoms with van der Waals surface area (Å²) in [5.41, 5.74) is 0.237. The van der Waals surface area contributed by atoms with E-state index in [2.05, 4.69) is 10.4 Å². The van der Waals surface area contributed by atoms with Crippen LogP contribution in [0.25, 0.3) is 0 Å². The second-order valence-corrected chi connectivity index (χ2v) is 5.48. The molecule has 2 fully saturated rings. The fraction of sp³-hybridized carbons (Fsp3) is 0.692. The van der Waals surface area contributed by atoms with Crippen molar-refractivity contribution in [3.63, 3.8) is 0 Å². The maximum atomic E-state index is 11.9. The zero-order valence-corrected chi connectivity index (χ0v) is 10.5. The molecular formula is C13H19N3O2. The Balaban J connectivity index is 1.49. The Kier molecular flexibility index (Phi) is 3.07. The number of carbonyl (C=O) groups is 1. The third-order valence-electron chi connectivity index (χ3n) is 3.95. The molecule has 98 valence electrons. The highest BCUT2D eigenvalue weighted by Gasteiger charge is 2.43. The molecule has 1 unspecified atom stereocenters. The van der Waals surface area contributed by atoms with Crippen molar-refractivity contribution in [2.24, 2.45) is 11.3 Å². The first-order valence-corrected chi connectivity index (χ1v) is 6.60. The molecule has 0 aromatic carbocycles. The number of hydrogen-bond acceptors (Lipinski definition) is 3. The summed E-state index contributed by atoms with van der Waals surface area (Å²) < 4.78 is 7.19. The van der Waals surface area contributed by atoms with Crippen LogP contribution in [0, 0.1) is 11.3 Å². The standard InChI is InChI=1S/C13H19N3O2/c17-12(11-2-7-18-8-11)14-9-13(3-4-13)10-16-6-1-5-15-16/h1,5-6,11H,2-4,7-10H2,(H,14,17). The number of nitrogens with zero attached hydrogens (tertiary/aromatic N) is 2. The molecule has 0 radical (unpaired) electrons. The maximum Gasteiger partial charge on any atom is 0.225 e. The Labute approximate surface area is 107 Å². The number of carbonyl (C=O) groups excluding carboxylic acids is 1. The highest BCUT2D eigenvalue weighted by molar-refractivity contribution is 5.79. The Morgan fingerprint density at radius 1 is 1.56 bits per heavy atom. The Hall–Kier alpha value is -1.36. The van der Waals surface area contributed by atoms with E-state index in [1.165, 1.54) is 12.8 Å². The molecule has 18 heavy (non-hydrogen) atoms. The minimum atomic E-state index is 0.0607. The molecule has 0 spiro atoms. The minimum Gasteiger partial charge on any atom is -0.381 e. The highest BCUT2D eigenvalue weighted by atomic mass is 16.5. The molecule has 1 aromatic rings. The lowest BCUT2D eigenvalue weighted by atomic mass is 10.1. The van der Waals surface area contributed by atoms with E-state index in [1.807, 2.05) is 16.9 Å². The summed E-state index contributed by atoms with van der Waals surface area (Å²) in [6.07, 6.45) is 6.98. The Morgan fingerprint density at radius 2 is 2.44 bits per heavy atom. The average molecular weight is 249 g/mol. The zero-order chi connectivity index (χ0) is 12.4. The first kappa shape index (κ1) is 11.7. The van der Waals surface area contributed by atoms with E-state index in [1.54, 1.807) is 6.20 Å². The molecule has 1 aliphatic carbocycles. The van der Waals surface area contributed by atoms with Crippen molar-refractivity contribution in [3.8, 4) is 0 Å². The molecular weight excluding hydrogens is 230 g/mol. The van der Waals surface area contributed by atoms with Crippen LogP contribution in [0.1, 0.15) is 19.3 Å². The zero-order valence-electron chi connectivity index (χ0n) is 10.5. The van der Waals surface area contributed by atoms with Gasteiger partial charge in [0.2, 0.25) is 5.91 Å². The second-order valence-electron chi connectivity index (χ2n) is 5.48. The van der Waals surface area contributed by atoms with Gasteiger partial charge in [0.1, 0.15) is 0 Å². The summed E-state index contributed by atoms with van der Waals surface area (Å²) in [5, 5.41) is 7.31. The first-order chi connectivity index (χ1) is 8.77. The van der Waals surface area contributed by atoms with Crippen LogP contribution in [-0.4, -0.2) is 35.4 Å². The molecule has 3 rings (SSSR count). The van der Waals surface area contributed by atoms with Gasteiger partial charge in [-0.2, -0.15) is 5.10 Å². The maximum absolute atomic E-state index is 11.9. The summed E-state index contributed by atoms with van der Waals surface area (Å²) in [6.45, 7) is 2.97. The predicted octanol–water partition coefficient (Wildman–Crippen LogP) is 0.816. The molecule has 2 aliphatic rings. The van der Waals surface area contributed by atoms with Crippen molar-refractivity contribution in [2.75, 3.05) is 19.8 Å². The Morgan fingerprint density at radius 3 is 3.06 bits per heavy atom. The van der Waals surface area contributed by atoms with Gasteiger partial charge in [0, 0.05) is 37.5 Å². The van der Waals surface area contributed by atoms with Gasteiger partial charge in [-0.25, -0.2) is 0 Å². The van der Waals surface area contributed by atoms with E-state index in [0.29, 0.717) is 6.61 Å². The van der Waals surface area contributed by atoms with Crippen LogP contribution >= 0.6 is 0 Å². The number of rotatable bonds is 5. The van der Waals surface area contributed by atoms with Crippen molar-refractivity contribution in [2.45, 2.75) is 25.8 Å². The summed E-state index contributed by atoms with van der Waals surface area (Å²) >= 11 is 0. The third kappa shape index (κ3) is 2.56. The molecule has 1 amide bonds. The van der Waals surface area contributed by atoms with Gasteiger partial charge in [-0.3, -0.25) is 9.48 Å². The molecule has 0 bridgehead atoms. The van der Waals surface area contributed by atoms with Crippen molar-refractivity contribution in [1.29, 1.82) is 0 Å². The van der Waals surface area contributed by atoms with Crippen LogP contribution in [0.3, 0.4) is 0 Å². The van der Waals surface area contributed by atoms with E-state index >= 15 is 0 Å². The van der Waals surface area contributed by atoms with Gasteiger partial charge < -0.3 is 10.1 Å². The van der Waals surface area contributed by atoms with Crippen LogP contribution in [0.4, 0.5) is 0 Å². The van der Waals surface area contributed by atoms with E-state index in [0.717, 1.165) is 26.1 Å². The van der Waals surface area contributed by atoms with E-state index < -0.39 is 0 Å². The van der Waals surface area contributed by atoms with Crippen LogP contribution < -0.4 is 5.32 Å². The van der Waals surface area contributed by atoms with Gasteiger partial charge in [-0.15, -0.1) is 0 Å². The van der Waals surface area contributed by atoms with Crippen molar-refractivity contribution in [3.05, 3.63) is 18.5 Å². The SMILES string of the molecule is O=C(NCC1(Cn2cccn2)CC1)C1CCOC1. The lowest BCUT2D eigenvalue weighted by Gasteiger charge is -2.17. The molecule has 1 aliphatic heterocycles. The van der Waals surface area contributed by atoms with Crippen LogP contribution in [0.2, 0.25) is 0 Å². The predicted molar refractivity (Wildman–Crippen MR) is 65.8 cm³/mol. The Bertz CT molecular complexity index is 406. The summed E-state index contributed by atoms with van der Waals surface area (Å²) in [7, 11) is 0. The average Bonchev–Trinajstić information content (AvgIpc) is 2.84. The van der Waals surface area contributed by atoms with E-state index in [-0.39, 0.29) is 17.2 Å². The quantitative estimate of drug-likeness (QED) is 0.840. The largest absolute Gasteiger partial charge is 0.381 e. The first-order valence-electron chi connectivity index (χ1n) is 6.60. The number of ether oxygens (including phenoxy) is 1. The lowest BCUT2D eigenvalue weighted by Crippen LogP contribution is -2.36. The van der Waals surface area contributed by atoms with Crippen LogP contribution in [-0.2, 0) is 16.1 Å². The molecule has 1 aromatic heterocycles. The van der Waals surface area contributed by atoms with E-state index in [9.17, 15) is 4.79 Å². The third-order valence-corrected chi connectivity index (χ3v) is 3.95. The van der Waals surface area contributed by atoms with Crippen LogP contribution in [0.5, 0.6) is 0 Å². The molecule has 5 nitrogen and oxygen atoms in total. The van der Waals surface area contributed by atoms with Gasteiger partial charge in [0.05, 0.1) is 12.5 Å². The van der Waals surface area contributed by atoms with Gasteiger partial charge in [0.25, 0.3) is 0 Å². The summed E-state index contributed by atoms with van der Waals surface area (Å²) in [5.74, 6) is 0.213. The topological polar surface area (TPSA) is 56.2 Å². The smallest absolute Gasteiger partial charge is 0.225 e. The molecule has 1 atom stereocenters. The van der Waals surface area contributed by atoms with E-state index in [4.69, 9.17) is 4.74 Å². The highest BCUT2D eigenvalue weighted by Crippen LogP contribution is 2.46. The van der Waals surface area contributed by atoms with Crippen molar-refractivity contribution in [1.82, 2.24) is 15.1 Å².